The van der Waals surface area contributed by atoms with E-state index in [0.29, 0.717) is 12.3 Å². The van der Waals surface area contributed by atoms with Gasteiger partial charge in [-0.05, 0) is 17.7 Å². The van der Waals surface area contributed by atoms with Gasteiger partial charge in [-0.3, -0.25) is 0 Å². The summed E-state index contributed by atoms with van der Waals surface area (Å²) in [5, 5.41) is 2.53. The fraction of sp³-hybridized carbons (Fsp3) is 0.273. The number of methoxy groups -OCH3 is 2. The van der Waals surface area contributed by atoms with E-state index in [0.717, 1.165) is 5.56 Å². The molecule has 17 heavy (non-hydrogen) atoms. The van der Waals surface area contributed by atoms with Gasteiger partial charge in [0, 0.05) is 6.54 Å². The third-order valence-corrected chi connectivity index (χ3v) is 1.91. The second-order valence-electron chi connectivity index (χ2n) is 3.05. The summed E-state index contributed by atoms with van der Waals surface area (Å²) < 4.78 is 13.6. The van der Waals surface area contributed by atoms with Crippen molar-refractivity contribution < 1.29 is 23.8 Å². The number of hydrogen-bond donors (Lipinski definition) is 1. The molecule has 0 saturated carbocycles. The first kappa shape index (κ1) is 12.8. The van der Waals surface area contributed by atoms with Crippen LogP contribution in [-0.4, -0.2) is 26.5 Å². The lowest BCUT2D eigenvalue weighted by Gasteiger charge is -2.05. The summed E-state index contributed by atoms with van der Waals surface area (Å²) in [6, 6.07) is 6.64. The molecule has 0 aliphatic rings. The molecule has 0 aromatic heterocycles. The van der Waals surface area contributed by atoms with Gasteiger partial charge in [-0.25, -0.2) is 9.59 Å². The molecular weight excluding hydrogens is 226 g/mol. The van der Waals surface area contributed by atoms with E-state index in [4.69, 9.17) is 4.74 Å². The van der Waals surface area contributed by atoms with Gasteiger partial charge in [-0.1, -0.05) is 12.1 Å². The fourth-order valence-corrected chi connectivity index (χ4v) is 1.06. The highest BCUT2D eigenvalue weighted by Crippen LogP contribution is 2.12. The van der Waals surface area contributed by atoms with Crippen LogP contribution in [0.4, 0.5) is 9.59 Å². The Labute approximate surface area is 98.5 Å². The van der Waals surface area contributed by atoms with E-state index in [1.165, 1.54) is 14.2 Å². The second kappa shape index (κ2) is 6.37. The van der Waals surface area contributed by atoms with Crippen LogP contribution in [0.2, 0.25) is 0 Å². The average Bonchev–Trinajstić information content (AvgIpc) is 2.37. The lowest BCUT2D eigenvalue weighted by atomic mass is 10.2. The molecule has 1 aromatic rings. The zero-order valence-electron chi connectivity index (χ0n) is 9.56. The van der Waals surface area contributed by atoms with E-state index in [-0.39, 0.29) is 0 Å². The molecule has 0 heterocycles. The Bertz CT molecular complexity index is 387. The molecule has 0 aliphatic carbocycles. The highest BCUT2D eigenvalue weighted by Gasteiger charge is 2.03. The number of nitrogens with one attached hydrogen (secondary N) is 1. The summed E-state index contributed by atoms with van der Waals surface area (Å²) in [5.74, 6) is 0.374. The van der Waals surface area contributed by atoms with Crippen molar-refractivity contribution in [1.82, 2.24) is 5.32 Å². The van der Waals surface area contributed by atoms with Crippen LogP contribution in [0.15, 0.2) is 24.3 Å². The minimum absolute atomic E-state index is 0.338. The van der Waals surface area contributed by atoms with Gasteiger partial charge in [0.25, 0.3) is 0 Å². The van der Waals surface area contributed by atoms with Gasteiger partial charge in [0.2, 0.25) is 0 Å². The van der Waals surface area contributed by atoms with Crippen molar-refractivity contribution in [2.24, 2.45) is 0 Å². The number of amides is 1. The zero-order valence-corrected chi connectivity index (χ0v) is 9.56. The highest BCUT2D eigenvalue weighted by molar-refractivity contribution is 5.67. The van der Waals surface area contributed by atoms with Crippen LogP contribution in [0.3, 0.4) is 0 Å². The van der Waals surface area contributed by atoms with Crippen molar-refractivity contribution >= 4 is 12.2 Å². The summed E-state index contributed by atoms with van der Waals surface area (Å²) in [7, 11) is 2.53. The smallest absolute Gasteiger partial charge is 0.453 e. The van der Waals surface area contributed by atoms with Crippen molar-refractivity contribution in [3.8, 4) is 5.75 Å². The normalized spacial score (nSPS) is 9.29. The van der Waals surface area contributed by atoms with E-state index in [1.54, 1.807) is 24.3 Å². The molecule has 92 valence electrons. The second-order valence-corrected chi connectivity index (χ2v) is 3.05. The van der Waals surface area contributed by atoms with E-state index in [1.807, 2.05) is 0 Å². The number of carbonyl (C=O) groups excluding carboxylic acids is 2. The molecule has 6 nitrogen and oxygen atoms in total. The van der Waals surface area contributed by atoms with Crippen molar-refractivity contribution in [2.75, 3.05) is 14.2 Å². The van der Waals surface area contributed by atoms with Crippen LogP contribution >= 0.6 is 0 Å². The van der Waals surface area contributed by atoms with Crippen LogP contribution in [0.1, 0.15) is 5.56 Å². The SMILES string of the molecule is COC(=O)NCc1ccc(OC(=O)OC)cc1. The number of carbonyl (C=O) groups is 2. The highest BCUT2D eigenvalue weighted by atomic mass is 16.7. The monoisotopic (exact) mass is 239 g/mol. The van der Waals surface area contributed by atoms with E-state index in [9.17, 15) is 9.59 Å². The number of rotatable bonds is 3. The van der Waals surface area contributed by atoms with Gasteiger partial charge >= 0.3 is 12.2 Å². The maximum absolute atomic E-state index is 10.8. The lowest BCUT2D eigenvalue weighted by molar-refractivity contribution is 0.121. The minimum Gasteiger partial charge on any atom is -0.453 e. The molecule has 0 atom stereocenters. The predicted octanol–water partition coefficient (Wildman–Crippen LogP) is 1.69. The van der Waals surface area contributed by atoms with Crippen LogP contribution in [0, 0.1) is 0 Å². The average molecular weight is 239 g/mol. The minimum atomic E-state index is -0.773. The number of ether oxygens (including phenoxy) is 3. The van der Waals surface area contributed by atoms with E-state index in [2.05, 4.69) is 14.8 Å². The molecular formula is C11H13NO5. The Morgan fingerprint density at radius 1 is 1.12 bits per heavy atom. The third kappa shape index (κ3) is 4.42. The van der Waals surface area contributed by atoms with Gasteiger partial charge in [-0.15, -0.1) is 0 Å². The summed E-state index contributed by atoms with van der Waals surface area (Å²) in [4.78, 5) is 21.6. The molecule has 0 spiro atoms. The van der Waals surface area contributed by atoms with Gasteiger partial charge < -0.3 is 19.5 Å². The molecule has 1 amide bonds. The first-order valence-electron chi connectivity index (χ1n) is 4.82. The molecule has 0 unspecified atom stereocenters. The Hall–Kier alpha value is -2.24. The topological polar surface area (TPSA) is 73.9 Å². The fourth-order valence-electron chi connectivity index (χ4n) is 1.06. The Morgan fingerprint density at radius 3 is 2.29 bits per heavy atom. The van der Waals surface area contributed by atoms with Crippen molar-refractivity contribution in [3.63, 3.8) is 0 Å². The number of alkyl carbamates (subject to hydrolysis) is 1. The number of hydrogen-bond acceptors (Lipinski definition) is 5. The summed E-state index contributed by atoms with van der Waals surface area (Å²) in [5.41, 5.74) is 0.854. The molecule has 1 N–H and O–H groups in total. The van der Waals surface area contributed by atoms with Crippen LogP contribution in [0.25, 0.3) is 0 Å². The Kier molecular flexibility index (Phi) is 4.80. The van der Waals surface area contributed by atoms with Crippen molar-refractivity contribution in [1.29, 1.82) is 0 Å². The zero-order chi connectivity index (χ0) is 12.7. The largest absolute Gasteiger partial charge is 0.513 e. The molecule has 0 fully saturated rings. The number of benzene rings is 1. The van der Waals surface area contributed by atoms with Gasteiger partial charge in [-0.2, -0.15) is 0 Å². The summed E-state index contributed by atoms with van der Waals surface area (Å²) in [6.45, 7) is 0.338. The predicted molar refractivity (Wildman–Crippen MR) is 58.7 cm³/mol. The Morgan fingerprint density at radius 2 is 1.76 bits per heavy atom. The standard InChI is InChI=1S/C11H13NO5/c1-15-10(13)12-7-8-3-5-9(6-4-8)17-11(14)16-2/h3-6H,7H2,1-2H3,(H,12,13). The van der Waals surface area contributed by atoms with Gasteiger partial charge in [0.05, 0.1) is 14.2 Å². The van der Waals surface area contributed by atoms with Gasteiger partial charge in [0.15, 0.2) is 0 Å². The lowest BCUT2D eigenvalue weighted by Crippen LogP contribution is -2.22. The molecule has 0 aliphatic heterocycles. The van der Waals surface area contributed by atoms with Gasteiger partial charge in [0.1, 0.15) is 5.75 Å². The summed E-state index contributed by atoms with van der Waals surface area (Å²) >= 11 is 0. The van der Waals surface area contributed by atoms with Crippen LogP contribution < -0.4 is 10.1 Å². The molecule has 0 radical (unpaired) electrons. The van der Waals surface area contributed by atoms with E-state index < -0.39 is 12.2 Å². The first-order valence-corrected chi connectivity index (χ1v) is 4.82. The van der Waals surface area contributed by atoms with Crippen molar-refractivity contribution in [3.05, 3.63) is 29.8 Å². The Balaban J connectivity index is 2.50. The maximum atomic E-state index is 10.8. The molecule has 1 aromatic carbocycles. The molecule has 0 saturated heterocycles. The maximum Gasteiger partial charge on any atom is 0.513 e. The molecule has 1 rings (SSSR count). The van der Waals surface area contributed by atoms with Crippen molar-refractivity contribution in [2.45, 2.75) is 6.54 Å². The third-order valence-electron chi connectivity index (χ3n) is 1.91. The molecule has 0 bridgehead atoms. The van der Waals surface area contributed by atoms with Crippen LogP contribution in [0.5, 0.6) is 5.75 Å². The quantitative estimate of drug-likeness (QED) is 0.641. The first-order chi connectivity index (χ1) is 8.15. The molecule has 6 heteroatoms. The van der Waals surface area contributed by atoms with E-state index >= 15 is 0 Å². The van der Waals surface area contributed by atoms with Crippen LogP contribution in [-0.2, 0) is 16.0 Å². The summed E-state index contributed by atoms with van der Waals surface area (Å²) in [6.07, 6.45) is -1.27.